The molecular formula is C50H73N7O7Si. The Labute approximate surface area is 386 Å². The van der Waals surface area contributed by atoms with Crippen molar-refractivity contribution < 1.29 is 28.6 Å². The summed E-state index contributed by atoms with van der Waals surface area (Å²) in [6.45, 7) is 23.0. The Kier molecular flexibility index (Phi) is 15.7. The Morgan fingerprint density at radius 2 is 1.82 bits per heavy atom. The number of benzene rings is 2. The molecule has 1 saturated carbocycles. The number of nitrogens with one attached hydrogen (secondary N) is 2. The zero-order valence-electron chi connectivity index (χ0n) is 39.9. The number of H-pyrrole nitrogens is 1. The highest BCUT2D eigenvalue weighted by Crippen LogP contribution is 2.41. The molecule has 15 heteroatoms. The van der Waals surface area contributed by atoms with Crippen molar-refractivity contribution >= 4 is 31.0 Å². The maximum absolute atomic E-state index is 13.5. The number of phenols is 1. The SMILES string of the molecule is CC(C)N(CCNC[C@H](O[Si](C)(C)C(C)(C)C)c1ccc(O)c2[nH]c(=O)ccc12)C(=O)CCOCCc1cccc(CN2CCC3(CC2)CN(C(=O)c2ccn(CC4CC4)n2)CCO3)c1. The molecule has 0 unspecified atom stereocenters. The van der Waals surface area contributed by atoms with Crippen molar-refractivity contribution in [1.82, 2.24) is 34.8 Å². The summed E-state index contributed by atoms with van der Waals surface area (Å²) < 4.78 is 21.3. The number of fused-ring (bicyclic) bond motifs is 1. The molecule has 1 atom stereocenters. The van der Waals surface area contributed by atoms with Gasteiger partial charge in [0.15, 0.2) is 8.32 Å². The molecule has 3 N–H and O–H groups in total. The minimum Gasteiger partial charge on any atom is -0.506 e. The first kappa shape index (κ1) is 48.5. The third kappa shape index (κ3) is 12.7. The van der Waals surface area contributed by atoms with Crippen molar-refractivity contribution in [1.29, 1.82) is 0 Å². The van der Waals surface area contributed by atoms with Gasteiger partial charge in [-0.25, -0.2) is 0 Å². The van der Waals surface area contributed by atoms with Crippen LogP contribution in [0.5, 0.6) is 5.75 Å². The Morgan fingerprint density at radius 1 is 1.05 bits per heavy atom. The summed E-state index contributed by atoms with van der Waals surface area (Å²) in [5, 5.41) is 19.4. The highest BCUT2D eigenvalue weighted by atomic mass is 28.4. The van der Waals surface area contributed by atoms with E-state index < -0.39 is 8.32 Å². The van der Waals surface area contributed by atoms with Crippen molar-refractivity contribution in [3.63, 3.8) is 0 Å². The number of aromatic amines is 1. The smallest absolute Gasteiger partial charge is 0.274 e. The van der Waals surface area contributed by atoms with Crippen LogP contribution in [0.1, 0.15) is 100 Å². The summed E-state index contributed by atoms with van der Waals surface area (Å²) in [7, 11) is -2.23. The topological polar surface area (TPSA) is 154 Å². The fourth-order valence-electron chi connectivity index (χ4n) is 8.87. The molecule has 14 nitrogen and oxygen atoms in total. The van der Waals surface area contributed by atoms with Gasteiger partial charge in [0.1, 0.15) is 11.4 Å². The minimum atomic E-state index is -2.23. The van der Waals surface area contributed by atoms with E-state index in [-0.39, 0.29) is 45.9 Å². The number of hydrogen-bond acceptors (Lipinski definition) is 10. The van der Waals surface area contributed by atoms with Crippen LogP contribution in [0, 0.1) is 5.92 Å². The number of phenolic OH excluding ortho intramolecular Hbond substituents is 1. The number of aromatic hydroxyl groups is 1. The second-order valence-electron chi connectivity index (χ2n) is 20.4. The van der Waals surface area contributed by atoms with E-state index in [0.29, 0.717) is 76.1 Å². The van der Waals surface area contributed by atoms with Crippen LogP contribution in [-0.4, -0.2) is 132 Å². The van der Waals surface area contributed by atoms with Gasteiger partial charge >= 0.3 is 0 Å². The van der Waals surface area contributed by atoms with Gasteiger partial charge in [-0.05, 0) is 105 Å². The Bertz CT molecular complexity index is 2290. The number of amides is 2. The molecule has 4 heterocycles. The number of aromatic nitrogens is 3. The maximum atomic E-state index is 13.5. The Hall–Kier alpha value is -4.38. The Morgan fingerprint density at radius 3 is 2.55 bits per heavy atom. The van der Waals surface area contributed by atoms with Gasteiger partial charge in [0, 0.05) is 76.0 Å². The van der Waals surface area contributed by atoms with Gasteiger partial charge in [0.2, 0.25) is 11.5 Å². The van der Waals surface area contributed by atoms with Crippen molar-refractivity contribution in [3.05, 3.63) is 93.5 Å². The van der Waals surface area contributed by atoms with Gasteiger partial charge < -0.3 is 39.1 Å². The van der Waals surface area contributed by atoms with E-state index in [9.17, 15) is 19.5 Å². The van der Waals surface area contributed by atoms with Crippen LogP contribution in [0.25, 0.3) is 10.9 Å². The lowest BCUT2D eigenvalue weighted by atomic mass is 9.89. The zero-order valence-corrected chi connectivity index (χ0v) is 40.9. The molecule has 2 saturated heterocycles. The molecule has 1 aliphatic carbocycles. The average Bonchev–Trinajstić information content (AvgIpc) is 3.96. The number of nitrogens with zero attached hydrogens (tertiary/aromatic N) is 5. The third-order valence-corrected chi connectivity index (χ3v) is 18.5. The fraction of sp³-hybridized carbons (Fsp3) is 0.600. The lowest BCUT2D eigenvalue weighted by Gasteiger charge is -2.47. The van der Waals surface area contributed by atoms with Crippen LogP contribution in [-0.2, 0) is 38.2 Å². The van der Waals surface area contributed by atoms with Crippen molar-refractivity contribution in [2.45, 2.75) is 122 Å². The summed E-state index contributed by atoms with van der Waals surface area (Å²) >= 11 is 0. The second kappa shape index (κ2) is 21.1. The quantitative estimate of drug-likeness (QED) is 0.0632. The summed E-state index contributed by atoms with van der Waals surface area (Å²) in [5.74, 6) is 0.800. The Balaban J connectivity index is 0.828. The summed E-state index contributed by atoms with van der Waals surface area (Å²) in [6, 6.07) is 17.3. The molecule has 3 aliphatic rings. The standard InChI is InChI=1S/C50H73N7O7Si/c1-36(2)57(26-22-51-32-44(64-65(6,7)49(3,4)5)40-13-15-43(58)47-41(40)14-16-45(59)52-47)46(60)19-29-62-28-18-37-9-8-10-39(31-37)33-54-24-20-50(21-25-54)35-55(27-30-63-50)48(61)42-17-23-56(53-42)34-38-11-12-38/h8-10,13-17,23,31,36,38,44,51,58H,11-12,18-22,24-30,32-35H2,1-7H3,(H,52,59)/t44-/m0/s1. The van der Waals surface area contributed by atoms with Gasteiger partial charge in [-0.15, -0.1) is 0 Å². The fourth-order valence-corrected chi connectivity index (χ4v) is 10.1. The predicted molar refractivity (Wildman–Crippen MR) is 257 cm³/mol. The second-order valence-corrected chi connectivity index (χ2v) is 25.1. The number of carbonyl (C=O) groups is 2. The number of pyridine rings is 1. The van der Waals surface area contributed by atoms with Crippen molar-refractivity contribution in [3.8, 4) is 5.75 Å². The maximum Gasteiger partial charge on any atom is 0.274 e. The zero-order chi connectivity index (χ0) is 46.4. The van der Waals surface area contributed by atoms with Crippen LogP contribution >= 0.6 is 0 Å². The highest BCUT2D eigenvalue weighted by Gasteiger charge is 2.42. The molecule has 0 bridgehead atoms. The molecule has 1 spiro atoms. The molecule has 4 aromatic rings. The van der Waals surface area contributed by atoms with Gasteiger partial charge in [-0.2, -0.15) is 5.10 Å². The molecule has 2 aromatic carbocycles. The number of ether oxygens (including phenoxy) is 2. The van der Waals surface area contributed by atoms with Crippen molar-refractivity contribution in [2.24, 2.45) is 5.92 Å². The average molecular weight is 912 g/mol. The first-order valence-corrected chi connectivity index (χ1v) is 26.8. The van der Waals surface area contributed by atoms with E-state index in [2.05, 4.69) is 78.4 Å². The third-order valence-electron chi connectivity index (χ3n) is 14.0. The molecule has 2 amide bonds. The number of morpholine rings is 1. The molecule has 3 fully saturated rings. The molecule has 7 rings (SSSR count). The lowest BCUT2D eigenvalue weighted by Crippen LogP contribution is -2.58. The van der Waals surface area contributed by atoms with Crippen LogP contribution in [0.3, 0.4) is 0 Å². The van der Waals surface area contributed by atoms with E-state index in [1.807, 2.05) is 46.7 Å². The highest BCUT2D eigenvalue weighted by molar-refractivity contribution is 6.74. The van der Waals surface area contributed by atoms with E-state index in [1.165, 1.54) is 30.0 Å². The number of hydrogen-bond donors (Lipinski definition) is 3. The normalized spacial score (nSPS) is 17.6. The molecule has 2 aromatic heterocycles. The largest absolute Gasteiger partial charge is 0.506 e. The molecule has 2 aliphatic heterocycles. The van der Waals surface area contributed by atoms with Crippen LogP contribution in [0.2, 0.25) is 18.1 Å². The van der Waals surface area contributed by atoms with Crippen LogP contribution in [0.4, 0.5) is 0 Å². The van der Waals surface area contributed by atoms with Gasteiger partial charge in [0.25, 0.3) is 5.91 Å². The number of likely N-dealkylation sites (tertiary alicyclic amines) is 1. The monoisotopic (exact) mass is 912 g/mol. The number of piperidine rings is 1. The summed E-state index contributed by atoms with van der Waals surface area (Å²) in [4.78, 5) is 48.1. The van der Waals surface area contributed by atoms with Crippen LogP contribution in [0.15, 0.2) is 65.6 Å². The predicted octanol–water partition coefficient (Wildman–Crippen LogP) is 6.89. The van der Waals surface area contributed by atoms with Gasteiger partial charge in [-0.1, -0.05) is 51.1 Å². The number of rotatable bonds is 20. The van der Waals surface area contributed by atoms with E-state index in [0.717, 1.165) is 56.4 Å². The lowest BCUT2D eigenvalue weighted by molar-refractivity contribution is -0.134. The molecular weight excluding hydrogens is 839 g/mol. The molecule has 354 valence electrons. The van der Waals surface area contributed by atoms with E-state index in [1.54, 1.807) is 12.1 Å². The van der Waals surface area contributed by atoms with Crippen LogP contribution < -0.4 is 10.9 Å². The van der Waals surface area contributed by atoms with Gasteiger partial charge in [-0.3, -0.25) is 24.0 Å². The first-order chi connectivity index (χ1) is 31.0. The van der Waals surface area contributed by atoms with E-state index in [4.69, 9.17) is 13.9 Å². The molecule has 65 heavy (non-hydrogen) atoms. The van der Waals surface area contributed by atoms with Gasteiger partial charge in [0.05, 0.1) is 50.0 Å². The summed E-state index contributed by atoms with van der Waals surface area (Å²) in [5.41, 5.74) is 3.73. The molecule has 0 radical (unpaired) electrons. The number of carbonyl (C=O) groups excluding carboxylic acids is 2. The minimum absolute atomic E-state index is 0.0103. The first-order valence-electron chi connectivity index (χ1n) is 23.9. The van der Waals surface area contributed by atoms with Crippen molar-refractivity contribution in [2.75, 3.05) is 65.6 Å². The summed E-state index contributed by atoms with van der Waals surface area (Å²) in [6.07, 6.45) is 6.97. The van der Waals surface area contributed by atoms with E-state index >= 15 is 0 Å².